The lowest BCUT2D eigenvalue weighted by Gasteiger charge is -2.03. The molecule has 0 aliphatic rings. The molecule has 1 aromatic heterocycles. The van der Waals surface area contributed by atoms with E-state index < -0.39 is 5.97 Å². The predicted molar refractivity (Wildman–Crippen MR) is 66.2 cm³/mol. The van der Waals surface area contributed by atoms with Gasteiger partial charge in [-0.2, -0.15) is 0 Å². The Bertz CT molecular complexity index is 734. The van der Waals surface area contributed by atoms with Crippen LogP contribution in [0.3, 0.4) is 0 Å². The van der Waals surface area contributed by atoms with Crippen molar-refractivity contribution in [3.05, 3.63) is 54.2 Å². The van der Waals surface area contributed by atoms with E-state index in [0.717, 1.165) is 21.7 Å². The lowest BCUT2D eigenvalue weighted by atomic mass is 10.1. The van der Waals surface area contributed by atoms with Crippen LogP contribution < -0.4 is 0 Å². The quantitative estimate of drug-likeness (QED) is 0.645. The standard InChI is InChI=1S/C14H9NO2/c16-14(17)12-8-7-10-6-5-9-3-1-2-4-11(9)13(10)15-12/h1-8H,(H,16,17). The van der Waals surface area contributed by atoms with Crippen molar-refractivity contribution in [3.8, 4) is 0 Å². The number of hydrogen-bond donors (Lipinski definition) is 1. The van der Waals surface area contributed by atoms with Gasteiger partial charge in [0.15, 0.2) is 0 Å². The molecular weight excluding hydrogens is 214 g/mol. The average Bonchev–Trinajstić information content (AvgIpc) is 2.38. The Labute approximate surface area is 97.3 Å². The van der Waals surface area contributed by atoms with Crippen LogP contribution in [0.15, 0.2) is 48.5 Å². The summed E-state index contributed by atoms with van der Waals surface area (Å²) in [6.45, 7) is 0. The first kappa shape index (κ1) is 9.78. The van der Waals surface area contributed by atoms with Crippen LogP contribution in [-0.2, 0) is 0 Å². The van der Waals surface area contributed by atoms with E-state index in [1.54, 1.807) is 6.07 Å². The Balaban J connectivity index is 2.46. The van der Waals surface area contributed by atoms with Crippen LogP contribution >= 0.6 is 0 Å². The number of carboxylic acids is 1. The fraction of sp³-hybridized carbons (Fsp3) is 0. The van der Waals surface area contributed by atoms with E-state index in [0.29, 0.717) is 0 Å². The van der Waals surface area contributed by atoms with Crippen molar-refractivity contribution in [3.63, 3.8) is 0 Å². The van der Waals surface area contributed by atoms with Gasteiger partial charge in [0.25, 0.3) is 0 Å². The van der Waals surface area contributed by atoms with Gasteiger partial charge in [-0.3, -0.25) is 0 Å². The Morgan fingerprint density at radius 2 is 1.65 bits per heavy atom. The molecule has 0 aliphatic carbocycles. The van der Waals surface area contributed by atoms with Crippen molar-refractivity contribution in [1.82, 2.24) is 4.98 Å². The SMILES string of the molecule is O=C(O)c1ccc2ccc3ccccc3c2n1. The Kier molecular flexibility index (Phi) is 2.05. The van der Waals surface area contributed by atoms with Gasteiger partial charge < -0.3 is 5.11 Å². The van der Waals surface area contributed by atoms with Gasteiger partial charge in [-0.25, -0.2) is 9.78 Å². The van der Waals surface area contributed by atoms with Crippen LogP contribution in [0.2, 0.25) is 0 Å². The van der Waals surface area contributed by atoms with E-state index in [2.05, 4.69) is 4.98 Å². The minimum Gasteiger partial charge on any atom is -0.477 e. The molecule has 3 nitrogen and oxygen atoms in total. The first-order chi connectivity index (χ1) is 8.25. The fourth-order valence-corrected chi connectivity index (χ4v) is 1.98. The molecule has 0 bridgehead atoms. The molecule has 0 atom stereocenters. The zero-order valence-corrected chi connectivity index (χ0v) is 8.92. The molecule has 0 amide bonds. The third-order valence-electron chi connectivity index (χ3n) is 2.80. The second-order valence-corrected chi connectivity index (χ2v) is 3.86. The molecule has 1 heterocycles. The number of nitrogens with zero attached hydrogens (tertiary/aromatic N) is 1. The Morgan fingerprint density at radius 1 is 0.941 bits per heavy atom. The van der Waals surface area contributed by atoms with E-state index in [-0.39, 0.29) is 5.69 Å². The molecule has 0 aliphatic heterocycles. The molecule has 0 unspecified atom stereocenters. The fourth-order valence-electron chi connectivity index (χ4n) is 1.98. The number of aromatic nitrogens is 1. The predicted octanol–water partition coefficient (Wildman–Crippen LogP) is 3.09. The zero-order valence-electron chi connectivity index (χ0n) is 8.92. The third-order valence-corrected chi connectivity index (χ3v) is 2.80. The highest BCUT2D eigenvalue weighted by molar-refractivity contribution is 6.06. The molecule has 0 radical (unpaired) electrons. The molecule has 2 aromatic carbocycles. The van der Waals surface area contributed by atoms with Crippen molar-refractivity contribution in [2.24, 2.45) is 0 Å². The molecule has 0 saturated carbocycles. The van der Waals surface area contributed by atoms with Crippen LogP contribution in [-0.4, -0.2) is 16.1 Å². The summed E-state index contributed by atoms with van der Waals surface area (Å²) in [5.41, 5.74) is 0.817. The highest BCUT2D eigenvalue weighted by atomic mass is 16.4. The van der Waals surface area contributed by atoms with Gasteiger partial charge in [-0.1, -0.05) is 42.5 Å². The van der Waals surface area contributed by atoms with Gasteiger partial charge in [0.1, 0.15) is 5.69 Å². The summed E-state index contributed by atoms with van der Waals surface area (Å²) in [6, 6.07) is 15.1. The van der Waals surface area contributed by atoms with Crippen molar-refractivity contribution in [2.75, 3.05) is 0 Å². The molecule has 3 rings (SSSR count). The Morgan fingerprint density at radius 3 is 2.47 bits per heavy atom. The van der Waals surface area contributed by atoms with Gasteiger partial charge in [0.05, 0.1) is 5.52 Å². The molecule has 3 aromatic rings. The number of fused-ring (bicyclic) bond motifs is 3. The molecular formula is C14H9NO2. The van der Waals surface area contributed by atoms with Gasteiger partial charge in [-0.15, -0.1) is 0 Å². The van der Waals surface area contributed by atoms with Gasteiger partial charge in [0, 0.05) is 10.8 Å². The van der Waals surface area contributed by atoms with Gasteiger partial charge in [0.2, 0.25) is 0 Å². The van der Waals surface area contributed by atoms with Crippen LogP contribution in [0.25, 0.3) is 21.7 Å². The minimum absolute atomic E-state index is 0.0776. The lowest BCUT2D eigenvalue weighted by Crippen LogP contribution is -1.99. The maximum Gasteiger partial charge on any atom is 0.354 e. The second kappa shape index (κ2) is 3.56. The molecule has 0 saturated heterocycles. The number of hydrogen-bond acceptors (Lipinski definition) is 2. The average molecular weight is 223 g/mol. The van der Waals surface area contributed by atoms with Crippen molar-refractivity contribution in [1.29, 1.82) is 0 Å². The van der Waals surface area contributed by atoms with Crippen molar-refractivity contribution < 1.29 is 9.90 Å². The second-order valence-electron chi connectivity index (χ2n) is 3.86. The number of aromatic carboxylic acids is 1. The Hall–Kier alpha value is -2.42. The molecule has 0 fully saturated rings. The van der Waals surface area contributed by atoms with Crippen molar-refractivity contribution in [2.45, 2.75) is 0 Å². The van der Waals surface area contributed by atoms with E-state index >= 15 is 0 Å². The monoisotopic (exact) mass is 223 g/mol. The summed E-state index contributed by atoms with van der Waals surface area (Å²) >= 11 is 0. The van der Waals surface area contributed by atoms with Crippen LogP contribution in [0.5, 0.6) is 0 Å². The molecule has 3 heteroatoms. The first-order valence-corrected chi connectivity index (χ1v) is 5.27. The smallest absolute Gasteiger partial charge is 0.354 e. The van der Waals surface area contributed by atoms with Crippen LogP contribution in [0.1, 0.15) is 10.5 Å². The zero-order chi connectivity index (χ0) is 11.8. The maximum atomic E-state index is 10.9. The molecule has 17 heavy (non-hydrogen) atoms. The maximum absolute atomic E-state index is 10.9. The summed E-state index contributed by atoms with van der Waals surface area (Å²) in [4.78, 5) is 15.1. The molecule has 1 N–H and O–H groups in total. The number of benzene rings is 2. The van der Waals surface area contributed by atoms with Crippen LogP contribution in [0.4, 0.5) is 0 Å². The summed E-state index contributed by atoms with van der Waals surface area (Å²) in [7, 11) is 0. The summed E-state index contributed by atoms with van der Waals surface area (Å²) in [5, 5.41) is 12.0. The van der Waals surface area contributed by atoms with Gasteiger partial charge >= 0.3 is 5.97 Å². The summed E-state index contributed by atoms with van der Waals surface area (Å²) < 4.78 is 0. The number of carboxylic acid groups (broad SMARTS) is 1. The molecule has 0 spiro atoms. The highest BCUT2D eigenvalue weighted by Gasteiger charge is 2.07. The summed E-state index contributed by atoms with van der Waals surface area (Å²) in [5.74, 6) is -1.00. The number of rotatable bonds is 1. The topological polar surface area (TPSA) is 50.2 Å². The lowest BCUT2D eigenvalue weighted by molar-refractivity contribution is 0.0691. The minimum atomic E-state index is -1.00. The van der Waals surface area contributed by atoms with E-state index in [1.165, 1.54) is 6.07 Å². The van der Waals surface area contributed by atoms with Crippen molar-refractivity contribution >= 4 is 27.6 Å². The van der Waals surface area contributed by atoms with Crippen LogP contribution in [0, 0.1) is 0 Å². The first-order valence-electron chi connectivity index (χ1n) is 5.27. The number of carbonyl (C=O) groups is 1. The third kappa shape index (κ3) is 1.52. The normalized spacial score (nSPS) is 10.8. The molecule has 82 valence electrons. The summed E-state index contributed by atoms with van der Waals surface area (Å²) in [6.07, 6.45) is 0. The number of pyridine rings is 1. The van der Waals surface area contributed by atoms with E-state index in [4.69, 9.17) is 5.11 Å². The highest BCUT2D eigenvalue weighted by Crippen LogP contribution is 2.23. The van der Waals surface area contributed by atoms with E-state index in [1.807, 2.05) is 36.4 Å². The van der Waals surface area contributed by atoms with Gasteiger partial charge in [-0.05, 0) is 11.5 Å². The van der Waals surface area contributed by atoms with E-state index in [9.17, 15) is 4.79 Å². The largest absolute Gasteiger partial charge is 0.477 e.